The van der Waals surface area contributed by atoms with Crippen molar-refractivity contribution in [3.8, 4) is 39.6 Å². The number of aromatic nitrogens is 5. The van der Waals surface area contributed by atoms with Crippen molar-refractivity contribution < 1.29 is 21.1 Å². The van der Waals surface area contributed by atoms with Crippen LogP contribution >= 0.6 is 0 Å². The largest absolute Gasteiger partial charge is 2.00 e. The molecule has 0 saturated carbocycles. The Morgan fingerprint density at radius 2 is 1.12 bits per heavy atom. The third-order valence-corrected chi connectivity index (χ3v) is 9.85. The van der Waals surface area contributed by atoms with Gasteiger partial charge in [0.05, 0.1) is 33.7 Å². The molecule has 0 aliphatic heterocycles. The molecular weight excluding hydrogens is 794 g/mol. The van der Waals surface area contributed by atoms with Gasteiger partial charge in [-0.2, -0.15) is 0 Å². The van der Waals surface area contributed by atoms with Crippen LogP contribution in [0.4, 0.5) is 0 Å². The summed E-state index contributed by atoms with van der Waals surface area (Å²) in [7, 11) is 4.14. The molecular formula is C44H29N5Pt. The number of nitrogens with zero attached hydrogens (tertiary/aromatic N) is 5. The number of rotatable bonds is 4. The fourth-order valence-electron chi connectivity index (χ4n) is 7.46. The number of aryl methyl sites for hydroxylation is 2. The molecule has 3 aromatic heterocycles. The van der Waals surface area contributed by atoms with Crippen molar-refractivity contribution in [1.82, 2.24) is 23.7 Å². The number of imidazole rings is 2. The zero-order chi connectivity index (χ0) is 32.6. The van der Waals surface area contributed by atoms with Crippen molar-refractivity contribution in [1.29, 1.82) is 0 Å². The minimum atomic E-state index is 0. The van der Waals surface area contributed by atoms with E-state index in [-0.39, 0.29) is 21.1 Å². The van der Waals surface area contributed by atoms with Gasteiger partial charge >= 0.3 is 21.1 Å². The molecule has 0 atom stereocenters. The van der Waals surface area contributed by atoms with Crippen LogP contribution in [0.1, 0.15) is 0 Å². The zero-order valence-corrected chi connectivity index (χ0v) is 29.6. The monoisotopic (exact) mass is 822 g/mol. The first-order valence-corrected chi connectivity index (χ1v) is 16.5. The maximum atomic E-state index is 5.02. The van der Waals surface area contributed by atoms with Crippen LogP contribution in [0.5, 0.6) is 0 Å². The summed E-state index contributed by atoms with van der Waals surface area (Å²) in [6.45, 7) is 0. The van der Waals surface area contributed by atoms with Gasteiger partial charge < -0.3 is 13.7 Å². The molecule has 0 unspecified atom stereocenters. The van der Waals surface area contributed by atoms with E-state index in [1.54, 1.807) is 0 Å². The van der Waals surface area contributed by atoms with E-state index in [2.05, 4.69) is 167 Å². The van der Waals surface area contributed by atoms with Crippen molar-refractivity contribution in [3.05, 3.63) is 152 Å². The van der Waals surface area contributed by atoms with Gasteiger partial charge in [0, 0.05) is 19.6 Å². The predicted octanol–water partition coefficient (Wildman–Crippen LogP) is 10.3. The van der Waals surface area contributed by atoms with E-state index in [0.717, 1.165) is 77.9 Å². The quantitative estimate of drug-likeness (QED) is 0.166. The minimum Gasteiger partial charge on any atom is -0.367 e. The van der Waals surface area contributed by atoms with Gasteiger partial charge in [-0.25, -0.2) is 0 Å². The number of para-hydroxylation sites is 4. The molecule has 10 rings (SSSR count). The van der Waals surface area contributed by atoms with Gasteiger partial charge in [-0.15, -0.1) is 53.6 Å². The van der Waals surface area contributed by atoms with Crippen LogP contribution in [0.3, 0.4) is 0 Å². The van der Waals surface area contributed by atoms with Crippen molar-refractivity contribution in [3.63, 3.8) is 0 Å². The smallest absolute Gasteiger partial charge is 0.367 e. The normalized spacial score (nSPS) is 11.6. The first kappa shape index (κ1) is 30.3. The molecule has 3 heterocycles. The Balaban J connectivity index is 0.00000336. The fraction of sp³-hybridized carbons (Fsp3) is 0.0455. The maximum absolute atomic E-state index is 5.02. The summed E-state index contributed by atoms with van der Waals surface area (Å²) < 4.78 is 6.60. The minimum absolute atomic E-state index is 0. The van der Waals surface area contributed by atoms with Gasteiger partial charge in [0.15, 0.2) is 0 Å². The van der Waals surface area contributed by atoms with Crippen LogP contribution in [-0.4, -0.2) is 23.7 Å². The van der Waals surface area contributed by atoms with Crippen molar-refractivity contribution in [2.75, 3.05) is 0 Å². The second kappa shape index (κ2) is 11.7. The number of hydrogen-bond acceptors (Lipinski definition) is 2. The summed E-state index contributed by atoms with van der Waals surface area (Å²) >= 11 is 0. The fourth-order valence-corrected chi connectivity index (χ4v) is 7.46. The van der Waals surface area contributed by atoms with Gasteiger partial charge in [-0.3, -0.25) is 9.97 Å². The molecule has 0 bridgehead atoms. The predicted molar refractivity (Wildman–Crippen MR) is 201 cm³/mol. The van der Waals surface area contributed by atoms with Gasteiger partial charge in [-0.1, -0.05) is 84.2 Å². The average molecular weight is 823 g/mol. The van der Waals surface area contributed by atoms with Crippen molar-refractivity contribution in [2.24, 2.45) is 14.1 Å². The standard InChI is InChI=1S/C44H29N5.Pt/c1-47-39-19-7-5-17-37(39)45-43(47)30-13-9-14-32(25-30)49-41-26-29(34-16-10-12-28-11-3-4-15-33(28)34)21-23-35(41)36-24-22-31(27-42(36)49)44-46-38-18-6-8-20-40(38)48(44)2;/h3-24,26H,1-2H3;/q-2;+2. The molecule has 6 heteroatoms. The SMILES string of the molecule is Cn1c(-c2[c-]c(-n3c4[c-]c(-c5nc6ccccc6n5C)ccc4c4ccc(-c5cccc6ccccc56)cc43)ccc2)nc2ccccc21.[Pt+2]. The molecule has 5 nitrogen and oxygen atoms in total. The van der Waals surface area contributed by atoms with Crippen LogP contribution in [-0.2, 0) is 35.2 Å². The summed E-state index contributed by atoms with van der Waals surface area (Å²) in [5.74, 6) is 1.76. The Bertz CT molecular complexity index is 2920. The van der Waals surface area contributed by atoms with Crippen LogP contribution in [0.25, 0.3) is 94.2 Å². The molecule has 0 amide bonds. The van der Waals surface area contributed by atoms with E-state index < -0.39 is 0 Å². The van der Waals surface area contributed by atoms with E-state index in [1.807, 2.05) is 12.1 Å². The first-order chi connectivity index (χ1) is 24.1. The van der Waals surface area contributed by atoms with E-state index in [0.29, 0.717) is 0 Å². The Morgan fingerprint density at radius 3 is 1.86 bits per heavy atom. The van der Waals surface area contributed by atoms with E-state index in [9.17, 15) is 0 Å². The molecule has 0 aliphatic rings. The molecule has 240 valence electrons. The summed E-state index contributed by atoms with van der Waals surface area (Å²) in [4.78, 5) is 10.0. The second-order valence-corrected chi connectivity index (χ2v) is 12.6. The van der Waals surface area contributed by atoms with Crippen LogP contribution in [0, 0.1) is 12.1 Å². The summed E-state index contributed by atoms with van der Waals surface area (Å²) in [5.41, 5.74) is 11.4. The van der Waals surface area contributed by atoms with Crippen molar-refractivity contribution >= 4 is 54.6 Å². The van der Waals surface area contributed by atoms with E-state index >= 15 is 0 Å². The number of fused-ring (bicyclic) bond motifs is 6. The third-order valence-electron chi connectivity index (χ3n) is 9.85. The molecule has 0 spiro atoms. The number of benzene rings is 7. The van der Waals surface area contributed by atoms with Crippen LogP contribution in [0.15, 0.2) is 140 Å². The molecule has 50 heavy (non-hydrogen) atoms. The second-order valence-electron chi connectivity index (χ2n) is 12.6. The summed E-state index contributed by atoms with van der Waals surface area (Å²) in [5, 5.41) is 4.75. The first-order valence-electron chi connectivity index (χ1n) is 16.5. The maximum Gasteiger partial charge on any atom is 2.00 e. The van der Waals surface area contributed by atoms with E-state index in [4.69, 9.17) is 9.97 Å². The summed E-state index contributed by atoms with van der Waals surface area (Å²) in [6.07, 6.45) is 0. The Morgan fingerprint density at radius 1 is 0.500 bits per heavy atom. The van der Waals surface area contributed by atoms with Crippen LogP contribution in [0.2, 0.25) is 0 Å². The third kappa shape index (κ3) is 4.58. The van der Waals surface area contributed by atoms with Gasteiger partial charge in [0.2, 0.25) is 0 Å². The molecule has 0 radical (unpaired) electrons. The molecule has 0 aliphatic carbocycles. The molecule has 0 saturated heterocycles. The average Bonchev–Trinajstić information content (AvgIpc) is 3.79. The molecule has 0 fully saturated rings. The Hall–Kier alpha value is -5.77. The summed E-state index contributed by atoms with van der Waals surface area (Å²) in [6, 6.07) is 56.7. The number of hydrogen-bond donors (Lipinski definition) is 0. The molecule has 7 aromatic carbocycles. The van der Waals surface area contributed by atoms with E-state index in [1.165, 1.54) is 16.3 Å². The Kier molecular flexibility index (Phi) is 7.08. The molecule has 0 N–H and O–H groups in total. The van der Waals surface area contributed by atoms with Crippen LogP contribution < -0.4 is 0 Å². The molecule has 10 aromatic rings. The zero-order valence-electron chi connectivity index (χ0n) is 27.3. The topological polar surface area (TPSA) is 40.6 Å². The van der Waals surface area contributed by atoms with Gasteiger partial charge in [-0.05, 0) is 68.8 Å². The van der Waals surface area contributed by atoms with Gasteiger partial charge in [0.25, 0.3) is 0 Å². The van der Waals surface area contributed by atoms with Gasteiger partial charge in [0.1, 0.15) is 0 Å². The van der Waals surface area contributed by atoms with Crippen molar-refractivity contribution in [2.45, 2.75) is 0 Å². The Labute approximate surface area is 303 Å².